The number of esters is 1. The van der Waals surface area contributed by atoms with Gasteiger partial charge in [-0.15, -0.1) is 0 Å². The summed E-state index contributed by atoms with van der Waals surface area (Å²) < 4.78 is 6.87. The average Bonchev–Trinajstić information content (AvgIpc) is 2.64. The number of imidazole rings is 1. The first-order chi connectivity index (χ1) is 7.67. The van der Waals surface area contributed by atoms with Crippen LogP contribution in [0.15, 0.2) is 12.5 Å². The van der Waals surface area contributed by atoms with Crippen LogP contribution in [-0.2, 0) is 23.1 Å². The Hall–Kier alpha value is -1.36. The van der Waals surface area contributed by atoms with Crippen molar-refractivity contribution < 1.29 is 9.53 Å². The van der Waals surface area contributed by atoms with Crippen LogP contribution >= 0.6 is 0 Å². The smallest absolute Gasteiger partial charge is 0.320 e. The molecule has 16 heavy (non-hydrogen) atoms. The minimum absolute atomic E-state index is 0.175. The molecule has 90 valence electrons. The third-order valence-electron chi connectivity index (χ3n) is 2.41. The molecule has 0 aliphatic heterocycles. The molecule has 0 unspecified atom stereocenters. The van der Waals surface area contributed by atoms with E-state index in [-0.39, 0.29) is 5.97 Å². The van der Waals surface area contributed by atoms with Crippen LogP contribution in [0.5, 0.6) is 0 Å². The minimum atomic E-state index is -0.175. The predicted molar refractivity (Wildman–Crippen MR) is 60.8 cm³/mol. The van der Waals surface area contributed by atoms with Gasteiger partial charge in [-0.05, 0) is 13.5 Å². The van der Waals surface area contributed by atoms with Gasteiger partial charge in [0.2, 0.25) is 0 Å². The maximum absolute atomic E-state index is 11.3. The van der Waals surface area contributed by atoms with Crippen molar-refractivity contribution in [1.82, 2.24) is 14.5 Å². The van der Waals surface area contributed by atoms with E-state index in [4.69, 9.17) is 4.74 Å². The second kappa shape index (κ2) is 6.27. The topological polar surface area (TPSA) is 47.4 Å². The highest BCUT2D eigenvalue weighted by Crippen LogP contribution is 2.02. The van der Waals surface area contributed by atoms with E-state index in [9.17, 15) is 4.79 Å². The molecular weight excluding hydrogens is 206 g/mol. The zero-order chi connectivity index (χ0) is 12.0. The first-order valence-corrected chi connectivity index (χ1v) is 5.50. The highest BCUT2D eigenvalue weighted by atomic mass is 16.5. The fourth-order valence-electron chi connectivity index (χ4n) is 1.43. The Kier molecular flexibility index (Phi) is 4.98. The molecule has 1 rings (SSSR count). The lowest BCUT2D eigenvalue weighted by molar-refractivity contribution is -0.144. The molecule has 0 bridgehead atoms. The summed E-state index contributed by atoms with van der Waals surface area (Å²) in [6, 6.07) is 0. The maximum atomic E-state index is 11.3. The van der Waals surface area contributed by atoms with Gasteiger partial charge >= 0.3 is 5.97 Å². The summed E-state index contributed by atoms with van der Waals surface area (Å²) in [4.78, 5) is 17.4. The largest absolute Gasteiger partial charge is 0.465 e. The lowest BCUT2D eigenvalue weighted by Crippen LogP contribution is -2.31. The Morgan fingerprint density at radius 1 is 1.56 bits per heavy atom. The molecule has 0 aliphatic carbocycles. The van der Waals surface area contributed by atoms with E-state index >= 15 is 0 Å². The SMILES string of the molecule is CCOC(=O)CN(CC)Cc1cncn1C. The zero-order valence-corrected chi connectivity index (χ0v) is 10.1. The van der Waals surface area contributed by atoms with Crippen molar-refractivity contribution in [3.05, 3.63) is 18.2 Å². The molecule has 0 amide bonds. The van der Waals surface area contributed by atoms with Crippen LogP contribution in [0.3, 0.4) is 0 Å². The fraction of sp³-hybridized carbons (Fsp3) is 0.636. The summed E-state index contributed by atoms with van der Waals surface area (Å²) in [6.07, 6.45) is 3.57. The molecule has 0 saturated heterocycles. The van der Waals surface area contributed by atoms with Crippen molar-refractivity contribution in [3.8, 4) is 0 Å². The Morgan fingerprint density at radius 2 is 2.31 bits per heavy atom. The highest BCUT2D eigenvalue weighted by molar-refractivity contribution is 5.71. The number of nitrogens with zero attached hydrogens (tertiary/aromatic N) is 3. The van der Waals surface area contributed by atoms with Crippen LogP contribution in [0.25, 0.3) is 0 Å². The van der Waals surface area contributed by atoms with Crippen LogP contribution in [0.4, 0.5) is 0 Å². The molecule has 0 radical (unpaired) electrons. The highest BCUT2D eigenvalue weighted by Gasteiger charge is 2.11. The average molecular weight is 225 g/mol. The van der Waals surface area contributed by atoms with Gasteiger partial charge in [0.05, 0.1) is 25.2 Å². The lowest BCUT2D eigenvalue weighted by atomic mass is 10.4. The van der Waals surface area contributed by atoms with E-state index < -0.39 is 0 Å². The number of aryl methyl sites for hydroxylation is 1. The summed E-state index contributed by atoms with van der Waals surface area (Å²) in [5, 5.41) is 0. The number of likely N-dealkylation sites (N-methyl/N-ethyl adjacent to an activating group) is 1. The third kappa shape index (κ3) is 3.66. The Labute approximate surface area is 96.0 Å². The first kappa shape index (κ1) is 12.7. The van der Waals surface area contributed by atoms with Gasteiger partial charge < -0.3 is 9.30 Å². The molecule has 1 aromatic heterocycles. The normalized spacial score (nSPS) is 10.8. The van der Waals surface area contributed by atoms with E-state index in [2.05, 4.69) is 4.98 Å². The van der Waals surface area contributed by atoms with Crippen LogP contribution in [-0.4, -0.2) is 40.1 Å². The Morgan fingerprint density at radius 3 is 2.81 bits per heavy atom. The van der Waals surface area contributed by atoms with Crippen molar-refractivity contribution in [1.29, 1.82) is 0 Å². The number of aromatic nitrogens is 2. The van der Waals surface area contributed by atoms with Crippen molar-refractivity contribution in [3.63, 3.8) is 0 Å². The second-order valence-electron chi connectivity index (χ2n) is 3.60. The van der Waals surface area contributed by atoms with Gasteiger partial charge in [-0.3, -0.25) is 9.69 Å². The molecule has 0 aliphatic rings. The first-order valence-electron chi connectivity index (χ1n) is 5.50. The van der Waals surface area contributed by atoms with Gasteiger partial charge in [0, 0.05) is 19.8 Å². The number of rotatable bonds is 6. The van der Waals surface area contributed by atoms with Crippen LogP contribution in [0.2, 0.25) is 0 Å². The summed E-state index contributed by atoms with van der Waals surface area (Å²) in [5.41, 5.74) is 1.09. The molecule has 0 fully saturated rings. The number of hydrogen-bond donors (Lipinski definition) is 0. The van der Waals surface area contributed by atoms with Gasteiger partial charge in [0.15, 0.2) is 0 Å². The van der Waals surface area contributed by atoms with Gasteiger partial charge in [-0.25, -0.2) is 4.98 Å². The second-order valence-corrected chi connectivity index (χ2v) is 3.60. The molecule has 5 heteroatoms. The van der Waals surface area contributed by atoms with Gasteiger partial charge in [0.1, 0.15) is 0 Å². The van der Waals surface area contributed by atoms with E-state index in [1.807, 2.05) is 36.6 Å². The van der Waals surface area contributed by atoms with Crippen molar-refractivity contribution in [2.24, 2.45) is 7.05 Å². The predicted octanol–water partition coefficient (Wildman–Crippen LogP) is 0.805. The van der Waals surface area contributed by atoms with Crippen molar-refractivity contribution in [2.45, 2.75) is 20.4 Å². The maximum Gasteiger partial charge on any atom is 0.320 e. The Bertz CT molecular complexity index is 336. The van der Waals surface area contributed by atoms with Crippen molar-refractivity contribution >= 4 is 5.97 Å². The summed E-state index contributed by atoms with van der Waals surface area (Å²) in [5.74, 6) is -0.175. The van der Waals surface area contributed by atoms with E-state index in [0.717, 1.165) is 12.2 Å². The van der Waals surface area contributed by atoms with Crippen LogP contribution in [0.1, 0.15) is 19.5 Å². The number of hydrogen-bond acceptors (Lipinski definition) is 4. The summed E-state index contributed by atoms with van der Waals surface area (Å²) in [6.45, 7) is 6.12. The Balaban J connectivity index is 2.49. The summed E-state index contributed by atoms with van der Waals surface area (Å²) >= 11 is 0. The van der Waals surface area contributed by atoms with Gasteiger partial charge in [-0.1, -0.05) is 6.92 Å². The number of ether oxygens (including phenoxy) is 1. The van der Waals surface area contributed by atoms with E-state index in [1.165, 1.54) is 0 Å². The fourth-order valence-corrected chi connectivity index (χ4v) is 1.43. The quantitative estimate of drug-likeness (QED) is 0.672. The molecule has 1 aromatic rings. The van der Waals surface area contributed by atoms with Crippen molar-refractivity contribution in [2.75, 3.05) is 19.7 Å². The molecular formula is C11H19N3O2. The monoisotopic (exact) mass is 225 g/mol. The molecule has 0 atom stereocenters. The third-order valence-corrected chi connectivity index (χ3v) is 2.41. The number of carbonyl (C=O) groups is 1. The lowest BCUT2D eigenvalue weighted by Gasteiger charge is -2.19. The van der Waals surface area contributed by atoms with Crippen LogP contribution < -0.4 is 0 Å². The van der Waals surface area contributed by atoms with E-state index in [0.29, 0.717) is 19.7 Å². The molecule has 0 spiro atoms. The summed E-state index contributed by atoms with van der Waals surface area (Å²) in [7, 11) is 1.94. The molecule has 1 heterocycles. The standard InChI is InChI=1S/C11H19N3O2/c1-4-14(8-11(15)16-5-2)7-10-6-12-9-13(10)3/h6,9H,4-5,7-8H2,1-3H3. The minimum Gasteiger partial charge on any atom is -0.465 e. The van der Waals surface area contributed by atoms with Crippen LogP contribution in [0, 0.1) is 0 Å². The molecule has 0 saturated carbocycles. The molecule has 5 nitrogen and oxygen atoms in total. The van der Waals surface area contributed by atoms with Gasteiger partial charge in [-0.2, -0.15) is 0 Å². The number of carbonyl (C=O) groups excluding carboxylic acids is 1. The molecule has 0 aromatic carbocycles. The van der Waals surface area contributed by atoms with Gasteiger partial charge in [0.25, 0.3) is 0 Å². The zero-order valence-electron chi connectivity index (χ0n) is 10.1. The van der Waals surface area contributed by atoms with E-state index in [1.54, 1.807) is 6.33 Å². The molecule has 0 N–H and O–H groups in total.